The molecule has 0 saturated carbocycles. The molecule has 0 aliphatic carbocycles. The Kier molecular flexibility index (Phi) is 5.82. The SMILES string of the molecule is c1ccc(-c2ccc(-c3ccc4c5c6ccccc6ccc5n(-c5nc(-c6ccccc6)c6ccccc6n5)c4c3)cc2)cc1. The Morgan fingerprint density at radius 1 is 0.378 bits per heavy atom. The van der Waals surface area contributed by atoms with Crippen molar-refractivity contribution >= 4 is 43.5 Å². The Morgan fingerprint density at radius 3 is 1.76 bits per heavy atom. The van der Waals surface area contributed by atoms with Crippen LogP contribution in [0.2, 0.25) is 0 Å². The van der Waals surface area contributed by atoms with E-state index in [1.54, 1.807) is 0 Å². The minimum absolute atomic E-state index is 0.666. The van der Waals surface area contributed by atoms with Gasteiger partial charge >= 0.3 is 0 Å². The van der Waals surface area contributed by atoms with Crippen molar-refractivity contribution in [1.82, 2.24) is 14.5 Å². The van der Waals surface area contributed by atoms with Gasteiger partial charge in [0.1, 0.15) is 0 Å². The lowest BCUT2D eigenvalue weighted by Gasteiger charge is -2.12. The zero-order chi connectivity index (χ0) is 29.7. The quantitative estimate of drug-likeness (QED) is 0.210. The van der Waals surface area contributed by atoms with Crippen LogP contribution in [0.1, 0.15) is 0 Å². The molecule has 2 heterocycles. The highest BCUT2D eigenvalue weighted by Gasteiger charge is 2.19. The Bertz CT molecular complexity index is 2510. The third-order valence-electron chi connectivity index (χ3n) is 8.82. The van der Waals surface area contributed by atoms with E-state index in [9.17, 15) is 0 Å². The zero-order valence-electron chi connectivity index (χ0n) is 24.4. The maximum absolute atomic E-state index is 5.29. The molecule has 9 aromatic rings. The van der Waals surface area contributed by atoms with Crippen molar-refractivity contribution in [3.05, 3.63) is 164 Å². The molecule has 9 rings (SSSR count). The summed E-state index contributed by atoms with van der Waals surface area (Å²) in [5.74, 6) is 0.666. The van der Waals surface area contributed by atoms with Gasteiger partial charge in [-0.15, -0.1) is 0 Å². The van der Waals surface area contributed by atoms with Crippen LogP contribution >= 0.6 is 0 Å². The van der Waals surface area contributed by atoms with Crippen LogP contribution in [0.3, 0.4) is 0 Å². The largest absolute Gasteiger partial charge is 0.278 e. The first-order valence-corrected chi connectivity index (χ1v) is 15.3. The molecule has 0 N–H and O–H groups in total. The van der Waals surface area contributed by atoms with Crippen LogP contribution in [-0.2, 0) is 0 Å². The molecule has 210 valence electrons. The van der Waals surface area contributed by atoms with Crippen LogP contribution in [0.25, 0.3) is 82.9 Å². The van der Waals surface area contributed by atoms with Gasteiger partial charge < -0.3 is 0 Å². The average Bonchev–Trinajstić information content (AvgIpc) is 3.46. The number of para-hydroxylation sites is 1. The first-order chi connectivity index (χ1) is 22.3. The van der Waals surface area contributed by atoms with E-state index in [-0.39, 0.29) is 0 Å². The fraction of sp³-hybridized carbons (Fsp3) is 0. The number of rotatable bonds is 4. The van der Waals surface area contributed by atoms with Crippen molar-refractivity contribution in [3.8, 4) is 39.5 Å². The van der Waals surface area contributed by atoms with Gasteiger partial charge in [0.2, 0.25) is 5.95 Å². The summed E-state index contributed by atoms with van der Waals surface area (Å²) in [6.07, 6.45) is 0. The van der Waals surface area contributed by atoms with Gasteiger partial charge in [-0.3, -0.25) is 4.57 Å². The highest BCUT2D eigenvalue weighted by atomic mass is 15.2. The van der Waals surface area contributed by atoms with Gasteiger partial charge in [0.25, 0.3) is 0 Å². The Balaban J connectivity index is 1.32. The predicted octanol–water partition coefficient (Wildman–Crippen LogP) is 10.9. The summed E-state index contributed by atoms with van der Waals surface area (Å²) in [5.41, 5.74) is 9.84. The lowest BCUT2D eigenvalue weighted by molar-refractivity contribution is 1.01. The van der Waals surface area contributed by atoms with Crippen LogP contribution in [0, 0.1) is 0 Å². The van der Waals surface area contributed by atoms with Crippen LogP contribution in [0.5, 0.6) is 0 Å². The average molecular weight is 574 g/mol. The van der Waals surface area contributed by atoms with Gasteiger partial charge in [-0.2, -0.15) is 0 Å². The van der Waals surface area contributed by atoms with Crippen molar-refractivity contribution in [2.24, 2.45) is 0 Å². The summed E-state index contributed by atoms with van der Waals surface area (Å²) in [4.78, 5) is 10.5. The van der Waals surface area contributed by atoms with Crippen molar-refractivity contribution < 1.29 is 0 Å². The minimum atomic E-state index is 0.666. The molecule has 0 saturated heterocycles. The third-order valence-corrected chi connectivity index (χ3v) is 8.82. The van der Waals surface area contributed by atoms with Crippen LogP contribution < -0.4 is 0 Å². The van der Waals surface area contributed by atoms with E-state index in [1.807, 2.05) is 12.1 Å². The topological polar surface area (TPSA) is 30.7 Å². The Morgan fingerprint density at radius 2 is 0.978 bits per heavy atom. The standard InChI is InChI=1S/C42H27N3/c1-3-11-28(12-4-1)29-19-21-30(22-20-29)33-23-25-36-39(27-33)45(38-26-24-31-13-7-8-16-34(31)40(36)38)42-43-37-18-10-9-17-35(37)41(44-42)32-14-5-2-6-15-32/h1-27H. The van der Waals surface area contributed by atoms with Crippen LogP contribution in [-0.4, -0.2) is 14.5 Å². The molecule has 0 radical (unpaired) electrons. The smallest absolute Gasteiger partial charge is 0.235 e. The summed E-state index contributed by atoms with van der Waals surface area (Å²) < 4.78 is 2.25. The molecule has 7 aromatic carbocycles. The van der Waals surface area contributed by atoms with Gasteiger partial charge in [0.15, 0.2) is 0 Å². The van der Waals surface area contributed by atoms with Gasteiger partial charge in [0, 0.05) is 21.7 Å². The molecule has 0 amide bonds. The molecular formula is C42H27N3. The first kappa shape index (κ1) is 25.4. The Labute approximate surface area is 260 Å². The second-order valence-corrected chi connectivity index (χ2v) is 11.4. The van der Waals surface area contributed by atoms with Gasteiger partial charge in [0.05, 0.1) is 22.2 Å². The molecule has 0 spiro atoms. The summed E-state index contributed by atoms with van der Waals surface area (Å²) in [5, 5.41) is 5.88. The van der Waals surface area contributed by atoms with Crippen LogP contribution in [0.15, 0.2) is 164 Å². The molecule has 2 aromatic heterocycles. The molecule has 0 fully saturated rings. The van der Waals surface area contributed by atoms with E-state index < -0.39 is 0 Å². The van der Waals surface area contributed by atoms with Gasteiger partial charge in [-0.1, -0.05) is 146 Å². The molecule has 3 heteroatoms. The number of nitrogens with zero attached hydrogens (tertiary/aromatic N) is 3. The minimum Gasteiger partial charge on any atom is -0.278 e. The number of aromatic nitrogens is 3. The first-order valence-electron chi connectivity index (χ1n) is 15.3. The maximum Gasteiger partial charge on any atom is 0.235 e. The molecule has 0 unspecified atom stereocenters. The van der Waals surface area contributed by atoms with Crippen LogP contribution in [0.4, 0.5) is 0 Å². The monoisotopic (exact) mass is 573 g/mol. The van der Waals surface area contributed by atoms with Crippen molar-refractivity contribution in [2.45, 2.75) is 0 Å². The molecule has 0 atom stereocenters. The number of hydrogen-bond acceptors (Lipinski definition) is 2. The second kappa shape index (κ2) is 10.3. The van der Waals surface area contributed by atoms with Crippen molar-refractivity contribution in [1.29, 1.82) is 0 Å². The molecule has 45 heavy (non-hydrogen) atoms. The van der Waals surface area contributed by atoms with Gasteiger partial charge in [-0.05, 0) is 51.2 Å². The van der Waals surface area contributed by atoms with E-state index in [0.29, 0.717) is 5.95 Å². The van der Waals surface area contributed by atoms with E-state index >= 15 is 0 Å². The van der Waals surface area contributed by atoms with Gasteiger partial charge in [-0.25, -0.2) is 9.97 Å². The molecule has 0 aliphatic rings. The van der Waals surface area contributed by atoms with E-state index in [0.717, 1.165) is 38.8 Å². The second-order valence-electron chi connectivity index (χ2n) is 11.4. The highest BCUT2D eigenvalue weighted by molar-refractivity contribution is 6.21. The number of hydrogen-bond donors (Lipinski definition) is 0. The van der Waals surface area contributed by atoms with E-state index in [2.05, 4.69) is 156 Å². The number of benzene rings is 7. The maximum atomic E-state index is 5.29. The fourth-order valence-corrected chi connectivity index (χ4v) is 6.65. The van der Waals surface area contributed by atoms with Crippen molar-refractivity contribution in [2.75, 3.05) is 0 Å². The summed E-state index contributed by atoms with van der Waals surface area (Å²) >= 11 is 0. The van der Waals surface area contributed by atoms with E-state index in [4.69, 9.17) is 9.97 Å². The molecule has 0 aliphatic heterocycles. The lowest BCUT2D eigenvalue weighted by atomic mass is 9.99. The third kappa shape index (κ3) is 4.21. The van der Waals surface area contributed by atoms with E-state index in [1.165, 1.54) is 38.2 Å². The highest BCUT2D eigenvalue weighted by Crippen LogP contribution is 2.39. The summed E-state index contributed by atoms with van der Waals surface area (Å²) in [6, 6.07) is 57.9. The lowest BCUT2D eigenvalue weighted by Crippen LogP contribution is -2.03. The predicted molar refractivity (Wildman–Crippen MR) is 188 cm³/mol. The Hall–Kier alpha value is -6.06. The normalized spacial score (nSPS) is 11.6. The number of fused-ring (bicyclic) bond motifs is 6. The zero-order valence-corrected chi connectivity index (χ0v) is 24.4. The molecule has 0 bridgehead atoms. The van der Waals surface area contributed by atoms with Crippen molar-refractivity contribution in [3.63, 3.8) is 0 Å². The molecule has 3 nitrogen and oxygen atoms in total. The summed E-state index contributed by atoms with van der Waals surface area (Å²) in [7, 11) is 0. The summed E-state index contributed by atoms with van der Waals surface area (Å²) in [6.45, 7) is 0. The fourth-order valence-electron chi connectivity index (χ4n) is 6.65. The molecular weight excluding hydrogens is 546 g/mol.